The van der Waals surface area contributed by atoms with Crippen molar-refractivity contribution >= 4 is 11.9 Å². The molecule has 0 radical (unpaired) electrons. The molecular formula is C13H26N4O2. The number of nitrogens with zero attached hydrogens (tertiary/aromatic N) is 1. The van der Waals surface area contributed by atoms with E-state index < -0.39 is 6.03 Å². The van der Waals surface area contributed by atoms with E-state index in [0.717, 1.165) is 13.0 Å². The summed E-state index contributed by atoms with van der Waals surface area (Å²) < 4.78 is 0. The van der Waals surface area contributed by atoms with E-state index in [0.29, 0.717) is 24.9 Å². The Morgan fingerprint density at radius 1 is 1.37 bits per heavy atom. The first-order valence-corrected chi connectivity index (χ1v) is 6.92. The molecule has 1 rings (SSSR count). The lowest BCUT2D eigenvalue weighted by atomic mass is 9.97. The average Bonchev–Trinajstić information content (AvgIpc) is 2.24. The number of imide groups is 1. The van der Waals surface area contributed by atoms with E-state index in [1.807, 2.05) is 18.7 Å². The molecule has 6 heteroatoms. The highest BCUT2D eigenvalue weighted by Crippen LogP contribution is 2.14. The molecule has 1 heterocycles. The van der Waals surface area contributed by atoms with Gasteiger partial charge in [-0.2, -0.15) is 0 Å². The van der Waals surface area contributed by atoms with Gasteiger partial charge in [-0.1, -0.05) is 20.8 Å². The first-order chi connectivity index (χ1) is 8.86. The first kappa shape index (κ1) is 15.9. The topological polar surface area (TPSA) is 87.5 Å². The van der Waals surface area contributed by atoms with Crippen molar-refractivity contribution in [1.82, 2.24) is 15.5 Å². The molecule has 110 valence electrons. The third kappa shape index (κ3) is 6.54. The summed E-state index contributed by atoms with van der Waals surface area (Å²) in [6.07, 6.45) is 0.993. The van der Waals surface area contributed by atoms with Crippen molar-refractivity contribution in [2.75, 3.05) is 26.2 Å². The summed E-state index contributed by atoms with van der Waals surface area (Å²) in [4.78, 5) is 25.2. The van der Waals surface area contributed by atoms with Gasteiger partial charge >= 0.3 is 6.03 Å². The van der Waals surface area contributed by atoms with Crippen molar-refractivity contribution in [2.24, 2.45) is 17.6 Å². The van der Waals surface area contributed by atoms with Gasteiger partial charge < -0.3 is 11.1 Å². The molecule has 0 aromatic carbocycles. The number of nitrogens with one attached hydrogen (secondary N) is 2. The van der Waals surface area contributed by atoms with Gasteiger partial charge in [0.2, 0.25) is 5.91 Å². The van der Waals surface area contributed by atoms with Crippen LogP contribution in [0.1, 0.15) is 27.2 Å². The van der Waals surface area contributed by atoms with Gasteiger partial charge in [-0.05, 0) is 18.3 Å². The number of rotatable bonds is 4. The molecule has 19 heavy (non-hydrogen) atoms. The molecule has 1 fully saturated rings. The molecular weight excluding hydrogens is 244 g/mol. The lowest BCUT2D eigenvalue weighted by Crippen LogP contribution is -2.51. The normalized spacial score (nSPS) is 24.3. The monoisotopic (exact) mass is 270 g/mol. The molecule has 3 amide bonds. The standard InChI is InChI=1S/C13H26N4O2/c1-9(2)5-15-13(19)16-12(18)8-17-6-10(3)4-11(14)7-17/h9-11H,4-8,14H2,1-3H3,(H2,15,16,18,19). The second-order valence-corrected chi connectivity index (χ2v) is 5.95. The zero-order valence-corrected chi connectivity index (χ0v) is 12.1. The molecule has 4 N–H and O–H groups in total. The van der Waals surface area contributed by atoms with E-state index >= 15 is 0 Å². The minimum atomic E-state index is -0.423. The number of amides is 3. The van der Waals surface area contributed by atoms with Crippen LogP contribution in [0, 0.1) is 11.8 Å². The van der Waals surface area contributed by atoms with Crippen LogP contribution >= 0.6 is 0 Å². The van der Waals surface area contributed by atoms with Crippen molar-refractivity contribution in [3.8, 4) is 0 Å². The van der Waals surface area contributed by atoms with Gasteiger partial charge in [-0.25, -0.2) is 4.79 Å². The number of hydrogen-bond acceptors (Lipinski definition) is 4. The van der Waals surface area contributed by atoms with Gasteiger partial charge in [-0.3, -0.25) is 15.0 Å². The Morgan fingerprint density at radius 2 is 2.05 bits per heavy atom. The minimum Gasteiger partial charge on any atom is -0.338 e. The number of piperidine rings is 1. The van der Waals surface area contributed by atoms with E-state index in [1.54, 1.807) is 0 Å². The van der Waals surface area contributed by atoms with E-state index in [9.17, 15) is 9.59 Å². The van der Waals surface area contributed by atoms with Crippen molar-refractivity contribution in [1.29, 1.82) is 0 Å². The van der Waals surface area contributed by atoms with Crippen molar-refractivity contribution in [3.05, 3.63) is 0 Å². The maximum Gasteiger partial charge on any atom is 0.321 e. The zero-order valence-electron chi connectivity index (χ0n) is 12.1. The van der Waals surface area contributed by atoms with Gasteiger partial charge in [0.15, 0.2) is 0 Å². The molecule has 1 aliphatic heterocycles. The average molecular weight is 270 g/mol. The Balaban J connectivity index is 2.28. The summed E-state index contributed by atoms with van der Waals surface area (Å²) in [5.41, 5.74) is 5.92. The summed E-state index contributed by atoms with van der Waals surface area (Å²) in [5.74, 6) is 0.579. The zero-order chi connectivity index (χ0) is 14.4. The summed E-state index contributed by atoms with van der Waals surface area (Å²) in [6, 6.07) is -0.306. The lowest BCUT2D eigenvalue weighted by Gasteiger charge is -2.34. The number of nitrogens with two attached hydrogens (primary N) is 1. The molecule has 0 aromatic heterocycles. The van der Waals surface area contributed by atoms with Gasteiger partial charge in [-0.15, -0.1) is 0 Å². The maximum atomic E-state index is 11.7. The van der Waals surface area contributed by atoms with Gasteiger partial charge in [0.25, 0.3) is 0 Å². The summed E-state index contributed by atoms with van der Waals surface area (Å²) in [7, 11) is 0. The lowest BCUT2D eigenvalue weighted by molar-refractivity contribution is -0.121. The van der Waals surface area contributed by atoms with Gasteiger partial charge in [0.05, 0.1) is 6.54 Å². The highest BCUT2D eigenvalue weighted by molar-refractivity contribution is 5.95. The third-order valence-corrected chi connectivity index (χ3v) is 3.06. The van der Waals surface area contributed by atoms with Crippen LogP contribution in [0.5, 0.6) is 0 Å². The molecule has 0 aliphatic carbocycles. The van der Waals surface area contributed by atoms with Crippen molar-refractivity contribution in [3.63, 3.8) is 0 Å². The molecule has 0 bridgehead atoms. The predicted molar refractivity (Wildman–Crippen MR) is 74.6 cm³/mol. The van der Waals surface area contributed by atoms with Crippen LogP contribution in [0.3, 0.4) is 0 Å². The quantitative estimate of drug-likeness (QED) is 0.678. The van der Waals surface area contributed by atoms with Crippen LogP contribution in [0.25, 0.3) is 0 Å². The molecule has 2 atom stereocenters. The summed E-state index contributed by atoms with van der Waals surface area (Å²) >= 11 is 0. The van der Waals surface area contributed by atoms with Crippen LogP contribution in [0.15, 0.2) is 0 Å². The number of carbonyl (C=O) groups is 2. The number of urea groups is 1. The Morgan fingerprint density at radius 3 is 2.63 bits per heavy atom. The number of carbonyl (C=O) groups excluding carboxylic acids is 2. The molecule has 6 nitrogen and oxygen atoms in total. The van der Waals surface area contributed by atoms with E-state index in [-0.39, 0.29) is 18.5 Å². The van der Waals surface area contributed by atoms with E-state index in [2.05, 4.69) is 17.6 Å². The van der Waals surface area contributed by atoms with E-state index in [4.69, 9.17) is 5.73 Å². The largest absolute Gasteiger partial charge is 0.338 e. The smallest absolute Gasteiger partial charge is 0.321 e. The fourth-order valence-electron chi connectivity index (χ4n) is 2.35. The van der Waals surface area contributed by atoms with E-state index in [1.165, 1.54) is 0 Å². The Labute approximate surface area is 115 Å². The van der Waals surface area contributed by atoms with Crippen molar-refractivity contribution in [2.45, 2.75) is 33.2 Å². The number of hydrogen-bond donors (Lipinski definition) is 3. The second kappa shape index (κ2) is 7.45. The molecule has 1 saturated heterocycles. The predicted octanol–water partition coefficient (Wildman–Crippen LogP) is 0.137. The van der Waals surface area contributed by atoms with Crippen LogP contribution in [-0.2, 0) is 4.79 Å². The minimum absolute atomic E-state index is 0.117. The summed E-state index contributed by atoms with van der Waals surface area (Å²) in [6.45, 7) is 8.48. The molecule has 0 aromatic rings. The van der Waals surface area contributed by atoms with Crippen LogP contribution < -0.4 is 16.4 Å². The Hall–Kier alpha value is -1.14. The molecule has 0 saturated carbocycles. The van der Waals surface area contributed by atoms with Gasteiger partial charge in [0, 0.05) is 25.7 Å². The number of likely N-dealkylation sites (tertiary alicyclic amines) is 1. The third-order valence-electron chi connectivity index (χ3n) is 3.06. The Bertz CT molecular complexity index is 310. The van der Waals surface area contributed by atoms with Crippen molar-refractivity contribution < 1.29 is 9.59 Å². The second-order valence-electron chi connectivity index (χ2n) is 5.95. The van der Waals surface area contributed by atoms with Gasteiger partial charge in [0.1, 0.15) is 0 Å². The highest BCUT2D eigenvalue weighted by atomic mass is 16.2. The first-order valence-electron chi connectivity index (χ1n) is 6.92. The fourth-order valence-corrected chi connectivity index (χ4v) is 2.35. The molecule has 0 spiro atoms. The molecule has 2 unspecified atom stereocenters. The maximum absolute atomic E-state index is 11.7. The summed E-state index contributed by atoms with van der Waals surface area (Å²) in [5, 5.41) is 4.99. The van der Waals surface area contributed by atoms with Crippen LogP contribution in [0.4, 0.5) is 4.79 Å². The van der Waals surface area contributed by atoms with Crippen LogP contribution in [0.2, 0.25) is 0 Å². The SMILES string of the molecule is CC(C)CNC(=O)NC(=O)CN1CC(C)CC(N)C1. The van der Waals surface area contributed by atoms with Crippen LogP contribution in [-0.4, -0.2) is 49.1 Å². The molecule has 1 aliphatic rings. The Kier molecular flexibility index (Phi) is 6.24. The fraction of sp³-hybridized carbons (Fsp3) is 0.846. The highest BCUT2D eigenvalue weighted by Gasteiger charge is 2.23.